The molecule has 2 saturated heterocycles. The molecular weight excluding hydrogens is 1370 g/mol. The third-order valence-corrected chi connectivity index (χ3v) is 22.1. The highest BCUT2D eigenvalue weighted by atomic mass is 79.9. The Labute approximate surface area is 601 Å². The molecule has 3 aliphatic heterocycles. The lowest BCUT2D eigenvalue weighted by Crippen LogP contribution is -2.31. The number of halogens is 1. The number of hydrogen-bond donors (Lipinski definition) is 7. The first kappa shape index (κ1) is 73.1. The van der Waals surface area contributed by atoms with Crippen molar-refractivity contribution in [3.05, 3.63) is 70.3 Å². The third-order valence-electron chi connectivity index (χ3n) is 17.6. The van der Waals surface area contributed by atoms with Crippen molar-refractivity contribution in [2.75, 3.05) is 101 Å². The molecule has 3 amide bonds. The van der Waals surface area contributed by atoms with Gasteiger partial charge in [-0.05, 0) is 195 Å². The van der Waals surface area contributed by atoms with E-state index in [9.17, 15) is 14.4 Å². The second kappa shape index (κ2) is 33.1. The van der Waals surface area contributed by atoms with Gasteiger partial charge in [0.05, 0.1) is 87.3 Å². The highest BCUT2D eigenvalue weighted by Crippen LogP contribution is 2.42. The number of pyridine rings is 3. The van der Waals surface area contributed by atoms with E-state index in [-0.39, 0.29) is 41.3 Å². The number of hydrazone groups is 1. The van der Waals surface area contributed by atoms with Crippen molar-refractivity contribution in [2.24, 2.45) is 28.6 Å². The SMILES string of the molecule is CC(C)(C)Nc1cc(Br)c2sc(C3=[N+](C4CCCCO4)N=CC3)cc2n1.CN(CCCN)C(=O)C1CC1.CN(CCCNc1cc(N)nc2cc(-c3ccn[nH]3)sc12)C(=O)C1CC1.CN(CCCNc1cc(NC(C)(C)C)nc2cc(-c3ccnn3C3CCCCO3)sc12)C(=O)C1CC1. The summed E-state index contributed by atoms with van der Waals surface area (Å²) in [6.07, 6.45) is 22.2. The lowest BCUT2D eigenvalue weighted by atomic mass is 10.1. The van der Waals surface area contributed by atoms with Crippen molar-refractivity contribution < 1.29 is 28.5 Å². The van der Waals surface area contributed by atoms with E-state index in [0.717, 1.165) is 217 Å². The fourth-order valence-corrected chi connectivity index (χ4v) is 16.0. The van der Waals surface area contributed by atoms with Crippen molar-refractivity contribution in [2.45, 2.75) is 168 Å². The van der Waals surface area contributed by atoms with Gasteiger partial charge in [-0.15, -0.1) is 34.0 Å². The lowest BCUT2D eigenvalue weighted by molar-refractivity contribution is -0.619. The molecule has 11 heterocycles. The minimum atomic E-state index is -0.0976. The molecule has 2 atom stereocenters. The summed E-state index contributed by atoms with van der Waals surface area (Å²) in [5.41, 5.74) is 19.3. The zero-order valence-electron chi connectivity index (χ0n) is 58.9. The van der Waals surface area contributed by atoms with Crippen LogP contribution in [-0.4, -0.2) is 175 Å². The topological polar surface area (TPSA) is 280 Å². The van der Waals surface area contributed by atoms with Gasteiger partial charge >= 0.3 is 0 Å². The highest BCUT2D eigenvalue weighted by Gasteiger charge is 2.36. The van der Waals surface area contributed by atoms with Gasteiger partial charge in [0.1, 0.15) is 17.5 Å². The van der Waals surface area contributed by atoms with E-state index in [1.165, 1.54) is 21.7 Å². The van der Waals surface area contributed by atoms with Gasteiger partial charge in [0.2, 0.25) is 23.4 Å². The van der Waals surface area contributed by atoms with Crippen LogP contribution in [0.4, 0.5) is 28.8 Å². The zero-order chi connectivity index (χ0) is 70.0. The Hall–Kier alpha value is -7.14. The van der Waals surface area contributed by atoms with Crippen LogP contribution in [0.25, 0.3) is 51.8 Å². The largest absolute Gasteiger partial charge is 0.384 e. The molecule has 2 unspecified atom stereocenters. The van der Waals surface area contributed by atoms with Crippen LogP contribution in [0.5, 0.6) is 0 Å². The van der Waals surface area contributed by atoms with Gasteiger partial charge < -0.3 is 56.9 Å². The number of nitrogens with one attached hydrogen (secondary N) is 5. The Balaban J connectivity index is 0.000000141. The number of nitrogens with zero attached hydrogens (tertiary/aromatic N) is 11. The van der Waals surface area contributed by atoms with Crippen molar-refractivity contribution in [1.29, 1.82) is 0 Å². The average Bonchev–Trinajstić information content (AvgIpc) is 1.66. The fraction of sp³-hybridized carbons (Fsp3) is 0.556. The van der Waals surface area contributed by atoms with E-state index in [1.54, 1.807) is 45.1 Å². The Bertz CT molecular complexity index is 4110. The third kappa shape index (κ3) is 20.1. The molecule has 9 N–H and O–H groups in total. The van der Waals surface area contributed by atoms with Gasteiger partial charge in [0, 0.05) is 125 Å². The molecule has 3 aliphatic carbocycles. The molecule has 23 nitrogen and oxygen atoms in total. The number of carbonyl (C=O) groups excluding carboxylic acids is 3. The number of amides is 3. The monoisotopic (exact) mass is 1470 g/mol. The van der Waals surface area contributed by atoms with Gasteiger partial charge in [-0.2, -0.15) is 10.2 Å². The lowest BCUT2D eigenvalue weighted by Gasteiger charge is -2.24. The maximum atomic E-state index is 12.3. The number of anilines is 5. The number of nitrogen functional groups attached to an aromatic ring is 1. The predicted molar refractivity (Wildman–Crippen MR) is 407 cm³/mol. The number of rotatable bonds is 23. The molecule has 6 aliphatic rings. The fourth-order valence-electron chi connectivity index (χ4n) is 12.1. The van der Waals surface area contributed by atoms with Crippen LogP contribution in [-0.2, 0) is 23.9 Å². The second-order valence-electron chi connectivity index (χ2n) is 28.7. The molecule has 5 fully saturated rings. The van der Waals surface area contributed by atoms with E-state index in [2.05, 4.69) is 139 Å². The summed E-state index contributed by atoms with van der Waals surface area (Å²) in [5, 5.41) is 30.2. The molecular formula is C72H100BrN18O5S3+. The quantitative estimate of drug-likeness (QED) is 0.0231. The number of ether oxygens (including phenoxy) is 2. The van der Waals surface area contributed by atoms with Crippen LogP contribution in [0, 0.1) is 17.8 Å². The smallest absolute Gasteiger partial charge is 0.288 e. The normalized spacial score (nSPS) is 17.7. The van der Waals surface area contributed by atoms with E-state index < -0.39 is 0 Å². The maximum absolute atomic E-state index is 12.3. The number of H-pyrrole nitrogens is 1. The van der Waals surface area contributed by atoms with Crippen molar-refractivity contribution in [3.8, 4) is 21.1 Å². The van der Waals surface area contributed by atoms with Crippen molar-refractivity contribution in [3.63, 3.8) is 0 Å². The van der Waals surface area contributed by atoms with Crippen molar-refractivity contribution in [1.82, 2.24) is 49.6 Å². The molecule has 27 heteroatoms. The molecule has 532 valence electrons. The van der Waals surface area contributed by atoms with Gasteiger partial charge in [-0.25, -0.2) is 19.6 Å². The number of hydrogen-bond acceptors (Lipinski definition) is 20. The van der Waals surface area contributed by atoms with E-state index in [4.69, 9.17) is 30.9 Å². The molecule has 8 aromatic rings. The summed E-state index contributed by atoms with van der Waals surface area (Å²) in [7, 11) is 5.66. The van der Waals surface area contributed by atoms with Gasteiger partial charge in [-0.1, -0.05) is 4.68 Å². The summed E-state index contributed by atoms with van der Waals surface area (Å²) in [6.45, 7) is 19.0. The van der Waals surface area contributed by atoms with Gasteiger partial charge in [-0.3, -0.25) is 19.5 Å². The first-order chi connectivity index (χ1) is 47.6. The number of carbonyl (C=O) groups is 3. The van der Waals surface area contributed by atoms with E-state index in [0.29, 0.717) is 30.1 Å². The second-order valence-corrected chi connectivity index (χ2v) is 32.7. The molecule has 0 bridgehead atoms. The van der Waals surface area contributed by atoms with Gasteiger partial charge in [0.15, 0.2) is 6.23 Å². The first-order valence-corrected chi connectivity index (χ1v) is 38.5. The Morgan fingerprint density at radius 1 is 0.646 bits per heavy atom. The zero-order valence-corrected chi connectivity index (χ0v) is 63.0. The number of nitrogens with two attached hydrogens (primary N) is 2. The summed E-state index contributed by atoms with van der Waals surface area (Å²) < 4.78 is 20.5. The number of thiophene rings is 3. The number of fused-ring (bicyclic) bond motifs is 3. The van der Waals surface area contributed by atoms with Crippen LogP contribution in [0.1, 0.15) is 155 Å². The molecule has 99 heavy (non-hydrogen) atoms. The number of aromatic nitrogens is 7. The van der Waals surface area contributed by atoms with Crippen molar-refractivity contribution >= 4 is 139 Å². The molecule has 0 aromatic carbocycles. The Morgan fingerprint density at radius 2 is 1.18 bits per heavy atom. The molecule has 0 spiro atoms. The summed E-state index contributed by atoms with van der Waals surface area (Å²) >= 11 is 8.87. The van der Waals surface area contributed by atoms with E-state index >= 15 is 0 Å². The Morgan fingerprint density at radius 3 is 1.74 bits per heavy atom. The standard InChI is InChI=1S/C27H38N6O2S.C19H24BrN4OS.C18H22N6OS.C8H16N2O/c1-27(2,3)31-23-17-19(28-12-7-14-32(4)26(34)18-9-10-18)25-20(30-23)16-22(36-25)21-11-13-29-33(21)24-8-5-6-15-35-24;1-19(2,3)23-16-10-12(20)18-13(22-16)11-15(26-18)14-7-8-21-24(14)17-6-4-5-9-25-17;1-24(18(25)11-3-4-11)8-2-6-20-13-10-16(19)22-14-9-15(26-17(13)14)12-5-7-21-23-12;1-10(6-2-5-9)8(11)7-3-4-7/h11,13,16-18,24H,5-10,12,14-15H2,1-4H3,(H2,28,30,31);8,10-11,17H,4-7,9H2,1-3H3,(H,22,23);5,7,9-11H,2-4,6,8H2,1H3,(H,21,23)(H3,19,20,22);7H,2-6,9H2,1H3/q;+1;;. The summed E-state index contributed by atoms with van der Waals surface area (Å²) in [6, 6.07) is 16.4. The maximum Gasteiger partial charge on any atom is 0.288 e. The molecule has 8 aromatic heterocycles. The molecule has 14 rings (SSSR count). The van der Waals surface area contributed by atoms with Crippen LogP contribution < -0.4 is 32.7 Å². The predicted octanol–water partition coefficient (Wildman–Crippen LogP) is 13.9. The highest BCUT2D eigenvalue weighted by molar-refractivity contribution is 9.10. The minimum absolute atomic E-state index is 0.00651. The van der Waals surface area contributed by atoms with Gasteiger partial charge in [0.25, 0.3) is 6.23 Å². The molecule has 0 radical (unpaired) electrons. The van der Waals surface area contributed by atoms with E-state index in [1.807, 2.05) is 66.2 Å². The van der Waals surface area contributed by atoms with Crippen LogP contribution >= 0.6 is 49.9 Å². The van der Waals surface area contributed by atoms with Crippen LogP contribution in [0.2, 0.25) is 0 Å². The number of aromatic amines is 1. The summed E-state index contributed by atoms with van der Waals surface area (Å²) in [5.74, 6) is 4.01. The molecule has 3 saturated carbocycles. The average molecular weight is 1470 g/mol. The first-order valence-electron chi connectivity index (χ1n) is 35.2. The Kier molecular flexibility index (Phi) is 24.4. The summed E-state index contributed by atoms with van der Waals surface area (Å²) in [4.78, 5) is 58.7. The van der Waals surface area contributed by atoms with Crippen LogP contribution in [0.3, 0.4) is 0 Å². The minimum Gasteiger partial charge on any atom is -0.384 e. The van der Waals surface area contributed by atoms with Crippen LogP contribution in [0.15, 0.2) is 70.5 Å².